The first-order valence-electron chi connectivity index (χ1n) is 7.17. The van der Waals surface area contributed by atoms with Crippen LogP contribution in [-0.4, -0.2) is 38.1 Å². The van der Waals surface area contributed by atoms with Crippen LogP contribution in [-0.2, 0) is 16.6 Å². The van der Waals surface area contributed by atoms with Gasteiger partial charge >= 0.3 is 0 Å². The molecule has 0 radical (unpaired) electrons. The van der Waals surface area contributed by atoms with Crippen molar-refractivity contribution in [2.75, 3.05) is 19.3 Å². The van der Waals surface area contributed by atoms with Crippen LogP contribution in [0.4, 0.5) is 0 Å². The van der Waals surface area contributed by atoms with Gasteiger partial charge in [0.05, 0.1) is 12.5 Å². The monoisotopic (exact) mass is 308 g/mol. The second kappa shape index (κ2) is 5.79. The average molecular weight is 308 g/mol. The van der Waals surface area contributed by atoms with Crippen molar-refractivity contribution in [1.82, 2.24) is 9.62 Å². The summed E-state index contributed by atoms with van der Waals surface area (Å²) in [4.78, 5) is 0. The van der Waals surface area contributed by atoms with E-state index in [0.717, 1.165) is 35.9 Å². The molecule has 0 unspecified atom stereocenters. The largest absolute Gasteiger partial charge is 0.464 e. The summed E-state index contributed by atoms with van der Waals surface area (Å²) < 4.78 is 30.0. The Morgan fingerprint density at radius 1 is 1.29 bits per heavy atom. The molecule has 1 fully saturated rings. The molecule has 5 nitrogen and oxygen atoms in total. The molecule has 0 amide bonds. The fourth-order valence-corrected chi connectivity index (χ4v) is 3.69. The third-order valence-electron chi connectivity index (χ3n) is 4.07. The number of rotatable bonds is 4. The van der Waals surface area contributed by atoms with Crippen LogP contribution in [0.3, 0.4) is 0 Å². The van der Waals surface area contributed by atoms with Crippen LogP contribution in [0.1, 0.15) is 18.4 Å². The van der Waals surface area contributed by atoms with Gasteiger partial charge in [0, 0.05) is 36.6 Å². The Morgan fingerprint density at radius 2 is 2.00 bits per heavy atom. The van der Waals surface area contributed by atoms with E-state index < -0.39 is 10.0 Å². The Morgan fingerprint density at radius 3 is 2.71 bits per heavy atom. The fourth-order valence-electron chi connectivity index (χ4n) is 2.82. The van der Waals surface area contributed by atoms with Gasteiger partial charge in [-0.2, -0.15) is 0 Å². The molecule has 1 aromatic carbocycles. The molecular weight excluding hydrogens is 288 g/mol. The standard InChI is InChI=1S/C15H20N2O3S/c1-21(18,19)17-8-6-13(7-9-17)16-10-12-11-20-15-5-3-2-4-14(12)15/h2-5,11,13,16H,6-10H2,1H3. The molecule has 2 aromatic rings. The number of fused-ring (bicyclic) bond motifs is 1. The molecule has 0 bridgehead atoms. The van der Waals surface area contributed by atoms with E-state index in [-0.39, 0.29) is 0 Å². The van der Waals surface area contributed by atoms with Crippen molar-refractivity contribution in [3.05, 3.63) is 36.1 Å². The van der Waals surface area contributed by atoms with Crippen molar-refractivity contribution in [2.45, 2.75) is 25.4 Å². The van der Waals surface area contributed by atoms with Crippen LogP contribution < -0.4 is 5.32 Å². The number of furan rings is 1. The van der Waals surface area contributed by atoms with Crippen molar-refractivity contribution in [3.63, 3.8) is 0 Å². The van der Waals surface area contributed by atoms with Gasteiger partial charge in [-0.05, 0) is 18.9 Å². The van der Waals surface area contributed by atoms with E-state index in [0.29, 0.717) is 19.1 Å². The topological polar surface area (TPSA) is 62.6 Å². The quantitative estimate of drug-likeness (QED) is 0.937. The Hall–Kier alpha value is -1.37. The van der Waals surface area contributed by atoms with Crippen LogP contribution in [0, 0.1) is 0 Å². The molecule has 0 saturated carbocycles. The summed E-state index contributed by atoms with van der Waals surface area (Å²) in [6.07, 6.45) is 4.77. The highest BCUT2D eigenvalue weighted by Gasteiger charge is 2.24. The first-order valence-corrected chi connectivity index (χ1v) is 9.02. The third-order valence-corrected chi connectivity index (χ3v) is 5.37. The summed E-state index contributed by atoms with van der Waals surface area (Å²) in [7, 11) is -3.05. The molecule has 3 rings (SSSR count). The van der Waals surface area contributed by atoms with Crippen LogP contribution >= 0.6 is 0 Å². The highest BCUT2D eigenvalue weighted by atomic mass is 32.2. The Labute approximate surface area is 125 Å². The predicted molar refractivity (Wildman–Crippen MR) is 82.5 cm³/mol. The van der Waals surface area contributed by atoms with E-state index >= 15 is 0 Å². The maximum Gasteiger partial charge on any atom is 0.211 e. The van der Waals surface area contributed by atoms with Gasteiger partial charge in [-0.25, -0.2) is 12.7 Å². The number of benzene rings is 1. The van der Waals surface area contributed by atoms with Gasteiger partial charge in [-0.3, -0.25) is 0 Å². The summed E-state index contributed by atoms with van der Waals surface area (Å²) in [5.41, 5.74) is 2.05. The second-order valence-electron chi connectivity index (χ2n) is 5.57. The maximum absolute atomic E-state index is 11.5. The molecule has 0 spiro atoms. The van der Waals surface area contributed by atoms with Crippen molar-refractivity contribution < 1.29 is 12.8 Å². The van der Waals surface area contributed by atoms with Crippen LogP contribution in [0.15, 0.2) is 34.9 Å². The summed E-state index contributed by atoms with van der Waals surface area (Å²) in [6, 6.07) is 8.35. The number of hydrogen-bond acceptors (Lipinski definition) is 4. The van der Waals surface area contributed by atoms with E-state index in [1.54, 1.807) is 10.6 Å². The zero-order valence-corrected chi connectivity index (χ0v) is 12.9. The maximum atomic E-state index is 11.5. The fraction of sp³-hybridized carbons (Fsp3) is 0.467. The number of nitrogens with zero attached hydrogens (tertiary/aromatic N) is 1. The number of para-hydroxylation sites is 1. The molecule has 1 aromatic heterocycles. The Kier molecular flexibility index (Phi) is 4.01. The summed E-state index contributed by atoms with van der Waals surface area (Å²) in [6.45, 7) is 1.95. The molecule has 2 heterocycles. The molecule has 6 heteroatoms. The predicted octanol–water partition coefficient (Wildman–Crippen LogP) is 1.95. The summed E-state index contributed by atoms with van der Waals surface area (Å²) >= 11 is 0. The number of nitrogens with one attached hydrogen (secondary N) is 1. The Bertz CT molecular complexity index is 715. The number of hydrogen-bond donors (Lipinski definition) is 1. The minimum atomic E-state index is -3.05. The van der Waals surface area contributed by atoms with Crippen LogP contribution in [0.5, 0.6) is 0 Å². The molecule has 1 aliphatic rings. The van der Waals surface area contributed by atoms with E-state index in [9.17, 15) is 8.42 Å². The smallest absolute Gasteiger partial charge is 0.211 e. The molecule has 1 saturated heterocycles. The summed E-state index contributed by atoms with van der Waals surface area (Å²) in [5, 5.41) is 4.64. The van der Waals surface area contributed by atoms with Gasteiger partial charge in [0.1, 0.15) is 5.58 Å². The molecule has 1 N–H and O–H groups in total. The van der Waals surface area contributed by atoms with E-state index in [1.165, 1.54) is 6.26 Å². The van der Waals surface area contributed by atoms with Crippen molar-refractivity contribution in [1.29, 1.82) is 0 Å². The van der Waals surface area contributed by atoms with Crippen LogP contribution in [0.2, 0.25) is 0 Å². The highest BCUT2D eigenvalue weighted by molar-refractivity contribution is 7.88. The second-order valence-corrected chi connectivity index (χ2v) is 7.56. The minimum Gasteiger partial charge on any atom is -0.464 e. The van der Waals surface area contributed by atoms with Gasteiger partial charge in [-0.15, -0.1) is 0 Å². The average Bonchev–Trinajstić information content (AvgIpc) is 2.88. The number of piperidine rings is 1. The summed E-state index contributed by atoms with van der Waals surface area (Å²) in [5.74, 6) is 0. The van der Waals surface area contributed by atoms with Crippen molar-refractivity contribution in [3.8, 4) is 0 Å². The lowest BCUT2D eigenvalue weighted by molar-refractivity contribution is 0.290. The molecule has 1 aliphatic heterocycles. The Balaban J connectivity index is 1.57. The van der Waals surface area contributed by atoms with Gasteiger partial charge in [0.15, 0.2) is 0 Å². The van der Waals surface area contributed by atoms with E-state index in [1.807, 2.05) is 18.2 Å². The van der Waals surface area contributed by atoms with Gasteiger partial charge in [-0.1, -0.05) is 18.2 Å². The number of sulfonamides is 1. The van der Waals surface area contributed by atoms with Crippen molar-refractivity contribution >= 4 is 21.0 Å². The highest BCUT2D eigenvalue weighted by Crippen LogP contribution is 2.21. The van der Waals surface area contributed by atoms with E-state index in [2.05, 4.69) is 11.4 Å². The van der Waals surface area contributed by atoms with Crippen molar-refractivity contribution in [2.24, 2.45) is 0 Å². The third kappa shape index (κ3) is 3.28. The van der Waals surface area contributed by atoms with Crippen LogP contribution in [0.25, 0.3) is 11.0 Å². The van der Waals surface area contributed by atoms with E-state index in [4.69, 9.17) is 4.42 Å². The lowest BCUT2D eigenvalue weighted by Crippen LogP contribution is -2.44. The van der Waals surface area contributed by atoms with Gasteiger partial charge in [0.25, 0.3) is 0 Å². The lowest BCUT2D eigenvalue weighted by Gasteiger charge is -2.30. The molecular formula is C15H20N2O3S. The zero-order chi connectivity index (χ0) is 14.9. The molecule has 0 aliphatic carbocycles. The van der Waals surface area contributed by atoms with Gasteiger partial charge < -0.3 is 9.73 Å². The molecule has 0 atom stereocenters. The zero-order valence-electron chi connectivity index (χ0n) is 12.1. The minimum absolute atomic E-state index is 0.358. The normalized spacial score (nSPS) is 18.3. The SMILES string of the molecule is CS(=O)(=O)N1CCC(NCc2coc3ccccc23)CC1. The lowest BCUT2D eigenvalue weighted by atomic mass is 10.1. The first-order chi connectivity index (χ1) is 10.0. The first kappa shape index (κ1) is 14.6. The molecule has 114 valence electrons. The van der Waals surface area contributed by atoms with Gasteiger partial charge in [0.2, 0.25) is 10.0 Å². The molecule has 21 heavy (non-hydrogen) atoms.